The Morgan fingerprint density at radius 3 is 2.78 bits per heavy atom. The molecule has 0 bridgehead atoms. The zero-order valence-electron chi connectivity index (χ0n) is 14.3. The van der Waals surface area contributed by atoms with Crippen LogP contribution in [-0.4, -0.2) is 36.5 Å². The molecule has 2 aliphatic rings. The van der Waals surface area contributed by atoms with Crippen molar-refractivity contribution < 1.29 is 4.79 Å². The minimum atomic E-state index is 0.273. The monoisotopic (exact) mass is 315 g/mol. The van der Waals surface area contributed by atoms with Gasteiger partial charge in [-0.2, -0.15) is 0 Å². The largest absolute Gasteiger partial charge is 0.398 e. The normalized spacial score (nSPS) is 18.6. The van der Waals surface area contributed by atoms with Crippen LogP contribution in [0.3, 0.4) is 0 Å². The lowest BCUT2D eigenvalue weighted by Gasteiger charge is -2.37. The molecule has 2 N–H and O–H groups in total. The maximum Gasteiger partial charge on any atom is 0.242 e. The quantitative estimate of drug-likeness (QED) is 0.868. The molecule has 3 rings (SSSR count). The van der Waals surface area contributed by atoms with Gasteiger partial charge in [-0.3, -0.25) is 4.79 Å². The predicted molar refractivity (Wildman–Crippen MR) is 95.6 cm³/mol. The third-order valence-electron chi connectivity index (χ3n) is 5.39. The predicted octanol–water partition coefficient (Wildman–Crippen LogP) is 3.20. The van der Waals surface area contributed by atoms with E-state index in [-0.39, 0.29) is 5.91 Å². The Balaban J connectivity index is 1.71. The van der Waals surface area contributed by atoms with Crippen LogP contribution in [0.5, 0.6) is 0 Å². The van der Waals surface area contributed by atoms with Crippen LogP contribution in [0, 0.1) is 0 Å². The molecule has 1 aliphatic heterocycles. The van der Waals surface area contributed by atoms with Gasteiger partial charge in [-0.25, -0.2) is 0 Å². The average Bonchev–Trinajstić information content (AvgIpc) is 2.57. The van der Waals surface area contributed by atoms with Crippen LogP contribution < -0.4 is 10.6 Å². The van der Waals surface area contributed by atoms with Crippen LogP contribution in [0.25, 0.3) is 0 Å². The molecule has 1 saturated carbocycles. The molecule has 0 atom stereocenters. The summed E-state index contributed by atoms with van der Waals surface area (Å²) in [6, 6.07) is 6.52. The number of hydrogen-bond acceptors (Lipinski definition) is 3. The number of carbonyl (C=O) groups excluding carboxylic acids is 1. The van der Waals surface area contributed by atoms with Gasteiger partial charge < -0.3 is 15.5 Å². The fourth-order valence-corrected chi connectivity index (χ4v) is 4.18. The molecule has 1 heterocycles. The number of nitrogens with zero attached hydrogens (tertiary/aromatic N) is 2. The van der Waals surface area contributed by atoms with Crippen LogP contribution >= 0.6 is 0 Å². The van der Waals surface area contributed by atoms with E-state index in [4.69, 9.17) is 5.73 Å². The van der Waals surface area contributed by atoms with Gasteiger partial charge in [0.2, 0.25) is 5.91 Å². The van der Waals surface area contributed by atoms with E-state index in [2.05, 4.69) is 22.8 Å². The van der Waals surface area contributed by atoms with Crippen LogP contribution in [0.2, 0.25) is 0 Å². The number of hydrogen-bond donors (Lipinski definition) is 1. The van der Waals surface area contributed by atoms with Gasteiger partial charge >= 0.3 is 0 Å². The standard InChI is InChI=1S/C19H29N3O/c1-2-22(15-8-4-3-5-9-15)19(23)14-21-13-7-10-16-17(20)11-6-12-18(16)21/h6,11-12,15H,2-5,7-10,13-14,20H2,1H3. The number of nitrogens with two attached hydrogens (primary N) is 1. The van der Waals surface area contributed by atoms with Crippen molar-refractivity contribution in [3.8, 4) is 0 Å². The van der Waals surface area contributed by atoms with Crippen molar-refractivity contribution in [1.82, 2.24) is 4.90 Å². The molecular formula is C19H29N3O. The molecule has 0 saturated heterocycles. The molecule has 0 aromatic heterocycles. The molecule has 1 aromatic rings. The van der Waals surface area contributed by atoms with Crippen molar-refractivity contribution >= 4 is 17.3 Å². The Hall–Kier alpha value is -1.71. The van der Waals surface area contributed by atoms with E-state index < -0.39 is 0 Å². The smallest absolute Gasteiger partial charge is 0.242 e. The number of benzene rings is 1. The molecule has 1 amide bonds. The Bertz CT molecular complexity index is 552. The summed E-state index contributed by atoms with van der Waals surface area (Å²) in [5, 5.41) is 0. The highest BCUT2D eigenvalue weighted by Gasteiger charge is 2.27. The minimum absolute atomic E-state index is 0.273. The zero-order valence-corrected chi connectivity index (χ0v) is 14.3. The van der Waals surface area contributed by atoms with E-state index in [1.165, 1.54) is 37.7 Å². The third kappa shape index (κ3) is 3.46. The molecule has 0 spiro atoms. The highest BCUT2D eigenvalue weighted by Crippen LogP contribution is 2.31. The highest BCUT2D eigenvalue weighted by atomic mass is 16.2. The second-order valence-corrected chi connectivity index (χ2v) is 6.84. The fraction of sp³-hybridized carbons (Fsp3) is 0.632. The van der Waals surface area contributed by atoms with E-state index in [1.807, 2.05) is 12.1 Å². The van der Waals surface area contributed by atoms with Gasteiger partial charge in [0.15, 0.2) is 0 Å². The minimum Gasteiger partial charge on any atom is -0.398 e. The average molecular weight is 315 g/mol. The molecule has 1 fully saturated rings. The Morgan fingerprint density at radius 2 is 2.04 bits per heavy atom. The van der Waals surface area contributed by atoms with E-state index in [1.54, 1.807) is 0 Å². The molecule has 4 heteroatoms. The van der Waals surface area contributed by atoms with E-state index in [0.29, 0.717) is 12.6 Å². The number of amides is 1. The van der Waals surface area contributed by atoms with Gasteiger partial charge in [-0.05, 0) is 50.3 Å². The Morgan fingerprint density at radius 1 is 1.26 bits per heavy atom. The first-order valence-electron chi connectivity index (χ1n) is 9.12. The number of nitrogen functional groups attached to an aromatic ring is 1. The van der Waals surface area contributed by atoms with Crippen molar-refractivity contribution in [2.75, 3.05) is 30.3 Å². The van der Waals surface area contributed by atoms with Crippen LogP contribution in [0.1, 0.15) is 51.0 Å². The van der Waals surface area contributed by atoms with E-state index in [0.717, 1.165) is 37.3 Å². The third-order valence-corrected chi connectivity index (χ3v) is 5.39. The molecule has 126 valence electrons. The summed E-state index contributed by atoms with van der Waals surface area (Å²) in [6.07, 6.45) is 8.28. The summed E-state index contributed by atoms with van der Waals surface area (Å²) in [4.78, 5) is 17.2. The molecule has 0 radical (unpaired) electrons. The lowest BCUT2D eigenvalue weighted by molar-refractivity contribution is -0.132. The maximum absolute atomic E-state index is 12.9. The first-order chi connectivity index (χ1) is 11.2. The van der Waals surface area contributed by atoms with Crippen LogP contribution in [0.15, 0.2) is 18.2 Å². The van der Waals surface area contributed by atoms with Crippen LogP contribution in [-0.2, 0) is 11.2 Å². The summed E-state index contributed by atoms with van der Waals surface area (Å²) in [6.45, 7) is 4.36. The lowest BCUT2D eigenvalue weighted by atomic mass is 9.94. The van der Waals surface area contributed by atoms with E-state index >= 15 is 0 Å². The number of likely N-dealkylation sites (N-methyl/N-ethyl adjacent to an activating group) is 1. The zero-order chi connectivity index (χ0) is 16.2. The molecule has 1 aromatic carbocycles. The van der Waals surface area contributed by atoms with Crippen molar-refractivity contribution in [2.24, 2.45) is 0 Å². The summed E-state index contributed by atoms with van der Waals surface area (Å²) in [5.74, 6) is 0.273. The van der Waals surface area contributed by atoms with Gasteiger partial charge in [0.1, 0.15) is 0 Å². The fourth-order valence-electron chi connectivity index (χ4n) is 4.18. The van der Waals surface area contributed by atoms with Crippen molar-refractivity contribution in [3.05, 3.63) is 23.8 Å². The maximum atomic E-state index is 12.9. The molecule has 23 heavy (non-hydrogen) atoms. The van der Waals surface area contributed by atoms with Crippen LogP contribution in [0.4, 0.5) is 11.4 Å². The van der Waals surface area contributed by atoms with Crippen molar-refractivity contribution in [1.29, 1.82) is 0 Å². The Kier molecular flexibility index (Phi) is 5.09. The summed E-state index contributed by atoms with van der Waals surface area (Å²) < 4.78 is 0. The lowest BCUT2D eigenvalue weighted by Crippen LogP contribution is -2.47. The SMILES string of the molecule is CCN(C(=O)CN1CCCc2c(N)cccc21)C1CCCCC1. The van der Waals surface area contributed by atoms with Gasteiger partial charge in [0.25, 0.3) is 0 Å². The van der Waals surface area contributed by atoms with Crippen molar-refractivity contribution in [2.45, 2.75) is 57.9 Å². The summed E-state index contributed by atoms with van der Waals surface area (Å²) >= 11 is 0. The second kappa shape index (κ2) is 7.24. The number of carbonyl (C=O) groups is 1. The Labute approximate surface area is 139 Å². The van der Waals surface area contributed by atoms with E-state index in [9.17, 15) is 4.79 Å². The number of rotatable bonds is 4. The molecular weight excluding hydrogens is 286 g/mol. The highest BCUT2D eigenvalue weighted by molar-refractivity contribution is 5.83. The van der Waals surface area contributed by atoms with Gasteiger partial charge in [0.05, 0.1) is 6.54 Å². The van der Waals surface area contributed by atoms with Gasteiger partial charge in [-0.15, -0.1) is 0 Å². The summed E-state index contributed by atoms with van der Waals surface area (Å²) in [5.41, 5.74) is 9.35. The van der Waals surface area contributed by atoms with Gasteiger partial charge in [-0.1, -0.05) is 25.3 Å². The second-order valence-electron chi connectivity index (χ2n) is 6.84. The van der Waals surface area contributed by atoms with Gasteiger partial charge in [0, 0.05) is 30.5 Å². The number of anilines is 2. The molecule has 1 aliphatic carbocycles. The number of fused-ring (bicyclic) bond motifs is 1. The molecule has 4 nitrogen and oxygen atoms in total. The summed E-state index contributed by atoms with van der Waals surface area (Å²) in [7, 11) is 0. The molecule has 0 unspecified atom stereocenters. The topological polar surface area (TPSA) is 49.6 Å². The van der Waals surface area contributed by atoms with Crippen molar-refractivity contribution in [3.63, 3.8) is 0 Å². The first-order valence-corrected chi connectivity index (χ1v) is 9.12. The first kappa shape index (κ1) is 16.2.